The van der Waals surface area contributed by atoms with Gasteiger partial charge in [0.05, 0.1) is 19.3 Å². The first-order chi connectivity index (χ1) is 12.8. The Kier molecular flexibility index (Phi) is 7.28. The van der Waals surface area contributed by atoms with Crippen LogP contribution in [0.25, 0.3) is 11.1 Å². The quantitative estimate of drug-likeness (QED) is 0.516. The predicted octanol–water partition coefficient (Wildman–Crippen LogP) is 6.34. The van der Waals surface area contributed by atoms with E-state index in [9.17, 15) is 0 Å². The van der Waals surface area contributed by atoms with Gasteiger partial charge in [-0.1, -0.05) is 81.6 Å². The molecule has 0 amide bonds. The Morgan fingerprint density at radius 2 is 1.46 bits per heavy atom. The summed E-state index contributed by atoms with van der Waals surface area (Å²) in [6.07, 6.45) is 7.63. The van der Waals surface area contributed by atoms with Crippen LogP contribution in [0.4, 0.5) is 0 Å². The molecule has 140 valence electrons. The van der Waals surface area contributed by atoms with E-state index >= 15 is 0 Å². The van der Waals surface area contributed by atoms with Crippen molar-refractivity contribution in [1.29, 1.82) is 0 Å². The van der Waals surface area contributed by atoms with Crippen molar-refractivity contribution < 1.29 is 9.47 Å². The van der Waals surface area contributed by atoms with E-state index in [2.05, 4.69) is 62.4 Å². The van der Waals surface area contributed by atoms with Crippen molar-refractivity contribution in [2.24, 2.45) is 0 Å². The summed E-state index contributed by atoms with van der Waals surface area (Å²) in [5.74, 6) is 0. The van der Waals surface area contributed by atoms with Crippen LogP contribution in [0.5, 0.6) is 0 Å². The van der Waals surface area contributed by atoms with Crippen LogP contribution in [0.1, 0.15) is 63.2 Å². The molecule has 1 aliphatic heterocycles. The maximum absolute atomic E-state index is 6.01. The number of hydrogen-bond donors (Lipinski definition) is 0. The van der Waals surface area contributed by atoms with Crippen molar-refractivity contribution in [3.63, 3.8) is 0 Å². The van der Waals surface area contributed by atoms with E-state index in [1.807, 2.05) is 0 Å². The lowest BCUT2D eigenvalue weighted by Crippen LogP contribution is -2.30. The summed E-state index contributed by atoms with van der Waals surface area (Å²) < 4.78 is 11.9. The highest BCUT2D eigenvalue weighted by Gasteiger charge is 2.22. The first-order valence-electron chi connectivity index (χ1n) is 10.2. The number of benzene rings is 2. The molecule has 2 heteroatoms. The maximum Gasteiger partial charge on any atom is 0.106 e. The fourth-order valence-electron chi connectivity index (χ4n) is 3.56. The average molecular weight is 353 g/mol. The predicted molar refractivity (Wildman–Crippen MR) is 108 cm³/mol. The van der Waals surface area contributed by atoms with E-state index in [1.54, 1.807) is 0 Å². The Labute approximate surface area is 158 Å². The van der Waals surface area contributed by atoms with Crippen molar-refractivity contribution >= 4 is 0 Å². The standard InChI is InChI=1S/C24H32O2/c1-3-5-6-8-19-9-11-20(12-10-19)21-13-15-22(16-14-21)24-18-25-23(7-4-2)17-26-24/h9-16,23-24H,3-8,17-18H2,1-2H3. The van der Waals surface area contributed by atoms with E-state index in [4.69, 9.17) is 9.47 Å². The van der Waals surface area contributed by atoms with Crippen molar-refractivity contribution in [3.05, 3.63) is 59.7 Å². The minimum Gasteiger partial charge on any atom is -0.373 e. The lowest BCUT2D eigenvalue weighted by Gasteiger charge is -2.29. The number of ether oxygens (including phenoxy) is 2. The van der Waals surface area contributed by atoms with Crippen LogP contribution in [0.3, 0.4) is 0 Å². The Morgan fingerprint density at radius 3 is 2.04 bits per heavy atom. The van der Waals surface area contributed by atoms with Gasteiger partial charge in [-0.2, -0.15) is 0 Å². The van der Waals surface area contributed by atoms with Gasteiger partial charge in [0, 0.05) is 0 Å². The van der Waals surface area contributed by atoms with Gasteiger partial charge < -0.3 is 9.47 Å². The summed E-state index contributed by atoms with van der Waals surface area (Å²) in [6.45, 7) is 5.81. The molecule has 0 radical (unpaired) electrons. The summed E-state index contributed by atoms with van der Waals surface area (Å²) in [4.78, 5) is 0. The smallest absolute Gasteiger partial charge is 0.106 e. The molecule has 1 aliphatic rings. The second-order valence-corrected chi connectivity index (χ2v) is 7.34. The highest BCUT2D eigenvalue weighted by atomic mass is 16.6. The van der Waals surface area contributed by atoms with Gasteiger partial charge in [0.2, 0.25) is 0 Å². The number of unbranched alkanes of at least 4 members (excludes halogenated alkanes) is 2. The Hall–Kier alpha value is -1.64. The molecule has 3 rings (SSSR count). The fourth-order valence-corrected chi connectivity index (χ4v) is 3.56. The average Bonchev–Trinajstić information content (AvgIpc) is 2.70. The molecule has 1 heterocycles. The molecule has 0 spiro atoms. The van der Waals surface area contributed by atoms with E-state index in [0.29, 0.717) is 13.2 Å². The second kappa shape index (κ2) is 9.89. The molecule has 1 saturated heterocycles. The van der Waals surface area contributed by atoms with Gasteiger partial charge in [-0.15, -0.1) is 0 Å². The molecule has 2 aromatic carbocycles. The van der Waals surface area contributed by atoms with Gasteiger partial charge in [0.1, 0.15) is 6.10 Å². The highest BCUT2D eigenvalue weighted by Crippen LogP contribution is 2.27. The zero-order valence-electron chi connectivity index (χ0n) is 16.2. The van der Waals surface area contributed by atoms with E-state index < -0.39 is 0 Å². The summed E-state index contributed by atoms with van der Waals surface area (Å²) in [6, 6.07) is 17.8. The third-order valence-corrected chi connectivity index (χ3v) is 5.22. The van der Waals surface area contributed by atoms with Gasteiger partial charge >= 0.3 is 0 Å². The number of aryl methyl sites for hydroxylation is 1. The van der Waals surface area contributed by atoms with Gasteiger partial charge in [-0.3, -0.25) is 0 Å². The van der Waals surface area contributed by atoms with E-state index in [-0.39, 0.29) is 12.2 Å². The number of rotatable bonds is 8. The minimum absolute atomic E-state index is 0.0677. The molecular formula is C24H32O2. The normalized spacial score (nSPS) is 20.2. The molecule has 2 unspecified atom stereocenters. The maximum atomic E-state index is 6.01. The molecule has 0 saturated carbocycles. The zero-order chi connectivity index (χ0) is 18.2. The van der Waals surface area contributed by atoms with Crippen LogP contribution < -0.4 is 0 Å². The van der Waals surface area contributed by atoms with Gasteiger partial charge in [0.25, 0.3) is 0 Å². The highest BCUT2D eigenvalue weighted by molar-refractivity contribution is 5.64. The third-order valence-electron chi connectivity index (χ3n) is 5.22. The molecule has 0 aromatic heterocycles. The van der Waals surface area contributed by atoms with E-state index in [0.717, 1.165) is 12.8 Å². The van der Waals surface area contributed by atoms with Crippen molar-refractivity contribution in [1.82, 2.24) is 0 Å². The molecule has 1 fully saturated rings. The molecule has 0 bridgehead atoms. The topological polar surface area (TPSA) is 18.5 Å². The molecule has 2 nitrogen and oxygen atoms in total. The van der Waals surface area contributed by atoms with Crippen LogP contribution in [-0.4, -0.2) is 19.3 Å². The lowest BCUT2D eigenvalue weighted by molar-refractivity contribution is -0.137. The van der Waals surface area contributed by atoms with Crippen LogP contribution >= 0.6 is 0 Å². The van der Waals surface area contributed by atoms with Crippen LogP contribution in [0.2, 0.25) is 0 Å². The second-order valence-electron chi connectivity index (χ2n) is 7.34. The monoisotopic (exact) mass is 352 g/mol. The lowest BCUT2D eigenvalue weighted by atomic mass is 9.99. The van der Waals surface area contributed by atoms with E-state index in [1.165, 1.54) is 47.9 Å². The van der Waals surface area contributed by atoms with Crippen LogP contribution in [0, 0.1) is 0 Å². The summed E-state index contributed by atoms with van der Waals surface area (Å²) in [7, 11) is 0. The molecule has 2 aromatic rings. The van der Waals surface area contributed by atoms with Crippen molar-refractivity contribution in [2.45, 2.75) is 64.6 Å². The van der Waals surface area contributed by atoms with Crippen molar-refractivity contribution in [3.8, 4) is 11.1 Å². The van der Waals surface area contributed by atoms with Crippen LogP contribution in [0.15, 0.2) is 48.5 Å². The largest absolute Gasteiger partial charge is 0.373 e. The number of hydrogen-bond acceptors (Lipinski definition) is 2. The first-order valence-corrected chi connectivity index (χ1v) is 10.2. The van der Waals surface area contributed by atoms with Gasteiger partial charge in [-0.05, 0) is 41.5 Å². The van der Waals surface area contributed by atoms with Gasteiger partial charge in [0.15, 0.2) is 0 Å². The molecule has 26 heavy (non-hydrogen) atoms. The van der Waals surface area contributed by atoms with Crippen LogP contribution in [-0.2, 0) is 15.9 Å². The summed E-state index contributed by atoms with van der Waals surface area (Å²) >= 11 is 0. The first kappa shape index (κ1) is 19.1. The fraction of sp³-hybridized carbons (Fsp3) is 0.500. The molecule has 2 atom stereocenters. The zero-order valence-corrected chi connectivity index (χ0v) is 16.2. The molecule has 0 N–H and O–H groups in total. The summed E-state index contributed by atoms with van der Waals surface area (Å²) in [5.41, 5.74) is 5.18. The Morgan fingerprint density at radius 1 is 0.769 bits per heavy atom. The Balaban J connectivity index is 1.57. The SMILES string of the molecule is CCCCCc1ccc(-c2ccc(C3COC(CCC)CO3)cc2)cc1. The van der Waals surface area contributed by atoms with Gasteiger partial charge in [-0.25, -0.2) is 0 Å². The third kappa shape index (κ3) is 5.18. The molecule has 0 aliphatic carbocycles. The molecular weight excluding hydrogens is 320 g/mol. The summed E-state index contributed by atoms with van der Waals surface area (Å²) in [5, 5.41) is 0. The Bertz CT molecular complexity index is 637. The van der Waals surface area contributed by atoms with Crippen molar-refractivity contribution in [2.75, 3.05) is 13.2 Å². The minimum atomic E-state index is 0.0677.